The van der Waals surface area contributed by atoms with Crippen LogP contribution in [0.3, 0.4) is 0 Å². The molecule has 0 saturated carbocycles. The molecule has 0 aromatic carbocycles. The van der Waals surface area contributed by atoms with Crippen LogP contribution in [0.25, 0.3) is 10.2 Å². The van der Waals surface area contributed by atoms with Gasteiger partial charge in [-0.3, -0.25) is 9.59 Å². The molecule has 0 spiro atoms. The molecule has 0 saturated heterocycles. The molecule has 6 heteroatoms. The quantitative estimate of drug-likeness (QED) is 0.720. The van der Waals surface area contributed by atoms with Crippen LogP contribution < -0.4 is 10.9 Å². The SMILES string of the molecule is C[C@H]1CCc2c(sc3nc(CCC(=O)NCCC4=CCCCC4)[nH]c(=O)c23)C1. The fourth-order valence-corrected chi connectivity index (χ4v) is 5.73. The summed E-state index contributed by atoms with van der Waals surface area (Å²) >= 11 is 1.66. The minimum atomic E-state index is -0.0447. The smallest absolute Gasteiger partial charge is 0.259 e. The number of allylic oxidation sites excluding steroid dienone is 1. The Morgan fingerprint density at radius 1 is 1.32 bits per heavy atom. The van der Waals surface area contributed by atoms with E-state index in [1.54, 1.807) is 11.3 Å². The molecule has 4 rings (SSSR count). The Hall–Kier alpha value is -1.95. The first-order valence-electron chi connectivity index (χ1n) is 10.6. The van der Waals surface area contributed by atoms with Gasteiger partial charge < -0.3 is 10.3 Å². The molecule has 2 N–H and O–H groups in total. The minimum absolute atomic E-state index is 0.0263. The van der Waals surface area contributed by atoms with Crippen molar-refractivity contribution in [1.29, 1.82) is 0 Å². The summed E-state index contributed by atoms with van der Waals surface area (Å²) < 4.78 is 0. The van der Waals surface area contributed by atoms with E-state index in [1.165, 1.54) is 41.7 Å². The topological polar surface area (TPSA) is 74.8 Å². The second-order valence-corrected chi connectivity index (χ2v) is 9.34. The normalized spacial score (nSPS) is 19.3. The van der Waals surface area contributed by atoms with Crippen LogP contribution in [0.1, 0.15) is 68.1 Å². The van der Waals surface area contributed by atoms with Crippen molar-refractivity contribution in [2.75, 3.05) is 6.54 Å². The van der Waals surface area contributed by atoms with Gasteiger partial charge in [0, 0.05) is 24.3 Å². The van der Waals surface area contributed by atoms with Gasteiger partial charge in [0.05, 0.1) is 5.39 Å². The number of H-pyrrole nitrogens is 1. The molecule has 0 bridgehead atoms. The van der Waals surface area contributed by atoms with Crippen molar-refractivity contribution in [3.05, 3.63) is 38.3 Å². The number of aromatic amines is 1. The number of nitrogens with zero attached hydrogens (tertiary/aromatic N) is 1. The number of aromatic nitrogens is 2. The van der Waals surface area contributed by atoms with Gasteiger partial charge in [0.15, 0.2) is 0 Å². The standard InChI is InChI=1S/C22H29N3O2S/c1-14-7-8-16-17(13-14)28-22-20(16)21(27)24-18(25-22)9-10-19(26)23-12-11-15-5-3-2-4-6-15/h5,14H,2-4,6-13H2,1H3,(H,23,26)(H,24,25,27)/t14-/m0/s1. The van der Waals surface area contributed by atoms with Crippen molar-refractivity contribution in [3.63, 3.8) is 0 Å². The van der Waals surface area contributed by atoms with Crippen LogP contribution in [0.5, 0.6) is 0 Å². The third kappa shape index (κ3) is 4.37. The number of carbonyl (C=O) groups is 1. The lowest BCUT2D eigenvalue weighted by Crippen LogP contribution is -2.25. The Kier molecular flexibility index (Phi) is 5.95. The third-order valence-corrected chi connectivity index (χ3v) is 7.10. The largest absolute Gasteiger partial charge is 0.356 e. The van der Waals surface area contributed by atoms with E-state index in [-0.39, 0.29) is 11.5 Å². The van der Waals surface area contributed by atoms with E-state index in [1.807, 2.05) is 0 Å². The zero-order chi connectivity index (χ0) is 19.5. The number of carbonyl (C=O) groups excluding carboxylic acids is 1. The molecule has 0 aliphatic heterocycles. The number of hydrogen-bond acceptors (Lipinski definition) is 4. The van der Waals surface area contributed by atoms with Gasteiger partial charge in [0.2, 0.25) is 5.91 Å². The highest BCUT2D eigenvalue weighted by Crippen LogP contribution is 2.35. The fraction of sp³-hybridized carbons (Fsp3) is 0.591. The number of nitrogens with one attached hydrogen (secondary N) is 2. The zero-order valence-corrected chi connectivity index (χ0v) is 17.4. The molecule has 28 heavy (non-hydrogen) atoms. The zero-order valence-electron chi connectivity index (χ0n) is 16.6. The number of hydrogen-bond donors (Lipinski definition) is 2. The van der Waals surface area contributed by atoms with Gasteiger partial charge in [0.1, 0.15) is 10.7 Å². The van der Waals surface area contributed by atoms with Crippen LogP contribution in [-0.4, -0.2) is 22.4 Å². The lowest BCUT2D eigenvalue weighted by Gasteiger charge is -2.17. The second-order valence-electron chi connectivity index (χ2n) is 8.25. The van der Waals surface area contributed by atoms with E-state index in [2.05, 4.69) is 28.3 Å². The van der Waals surface area contributed by atoms with E-state index >= 15 is 0 Å². The first kappa shape index (κ1) is 19.4. The molecule has 0 radical (unpaired) electrons. The van der Waals surface area contributed by atoms with Crippen molar-refractivity contribution >= 4 is 27.5 Å². The number of thiophene rings is 1. The maximum absolute atomic E-state index is 12.6. The van der Waals surface area contributed by atoms with Crippen LogP contribution in [-0.2, 0) is 24.1 Å². The molecule has 2 aliphatic carbocycles. The molecule has 5 nitrogen and oxygen atoms in total. The fourth-order valence-electron chi connectivity index (χ4n) is 4.33. The number of amides is 1. The van der Waals surface area contributed by atoms with Gasteiger partial charge in [0.25, 0.3) is 5.56 Å². The van der Waals surface area contributed by atoms with Crippen LogP contribution >= 0.6 is 11.3 Å². The van der Waals surface area contributed by atoms with E-state index in [4.69, 9.17) is 0 Å². The molecular weight excluding hydrogens is 370 g/mol. The molecule has 1 amide bonds. The third-order valence-electron chi connectivity index (χ3n) is 5.96. The summed E-state index contributed by atoms with van der Waals surface area (Å²) in [5.74, 6) is 1.32. The Morgan fingerprint density at radius 3 is 3.04 bits per heavy atom. The highest BCUT2D eigenvalue weighted by Gasteiger charge is 2.23. The lowest BCUT2D eigenvalue weighted by atomic mass is 9.89. The lowest BCUT2D eigenvalue weighted by molar-refractivity contribution is -0.121. The Labute approximate surface area is 169 Å². The van der Waals surface area contributed by atoms with Crippen molar-refractivity contribution in [2.45, 2.75) is 71.1 Å². The molecule has 0 unspecified atom stereocenters. The highest BCUT2D eigenvalue weighted by atomic mass is 32.1. The Balaban J connectivity index is 1.35. The molecule has 0 fully saturated rings. The first-order valence-corrected chi connectivity index (χ1v) is 11.4. The summed E-state index contributed by atoms with van der Waals surface area (Å²) in [4.78, 5) is 34.5. The average Bonchev–Trinajstić information content (AvgIpc) is 3.05. The van der Waals surface area contributed by atoms with Gasteiger partial charge in [-0.25, -0.2) is 4.98 Å². The van der Waals surface area contributed by atoms with Gasteiger partial charge in [-0.1, -0.05) is 18.6 Å². The van der Waals surface area contributed by atoms with Crippen molar-refractivity contribution in [2.24, 2.45) is 5.92 Å². The Bertz CT molecular complexity index is 957. The average molecular weight is 400 g/mol. The van der Waals surface area contributed by atoms with Gasteiger partial charge >= 0.3 is 0 Å². The summed E-state index contributed by atoms with van der Waals surface area (Å²) in [6, 6.07) is 0. The summed E-state index contributed by atoms with van der Waals surface area (Å²) in [7, 11) is 0. The van der Waals surface area contributed by atoms with E-state index in [0.29, 0.717) is 31.1 Å². The van der Waals surface area contributed by atoms with Gasteiger partial charge in [-0.15, -0.1) is 11.3 Å². The van der Waals surface area contributed by atoms with Crippen molar-refractivity contribution in [3.8, 4) is 0 Å². The number of rotatable bonds is 6. The summed E-state index contributed by atoms with van der Waals surface area (Å²) in [5.41, 5.74) is 2.63. The highest BCUT2D eigenvalue weighted by molar-refractivity contribution is 7.18. The van der Waals surface area contributed by atoms with Gasteiger partial charge in [-0.05, 0) is 62.8 Å². The Morgan fingerprint density at radius 2 is 2.21 bits per heavy atom. The maximum Gasteiger partial charge on any atom is 0.259 e. The summed E-state index contributed by atoms with van der Waals surface area (Å²) in [6.45, 7) is 2.96. The predicted molar refractivity (Wildman–Crippen MR) is 114 cm³/mol. The number of fused-ring (bicyclic) bond motifs is 3. The molecular formula is C22H29N3O2S. The maximum atomic E-state index is 12.6. The molecule has 150 valence electrons. The predicted octanol–water partition coefficient (Wildman–Crippen LogP) is 4.05. The van der Waals surface area contributed by atoms with E-state index < -0.39 is 0 Å². The number of aryl methyl sites for hydroxylation is 2. The summed E-state index contributed by atoms with van der Waals surface area (Å²) in [5, 5.41) is 3.78. The summed E-state index contributed by atoms with van der Waals surface area (Å²) in [6.07, 6.45) is 12.2. The first-order chi connectivity index (χ1) is 13.6. The molecule has 2 aliphatic rings. The second kappa shape index (κ2) is 8.60. The molecule has 1 atom stereocenters. The van der Waals surface area contributed by atoms with Gasteiger partial charge in [-0.2, -0.15) is 0 Å². The van der Waals surface area contributed by atoms with Crippen LogP contribution in [0.15, 0.2) is 16.4 Å². The van der Waals surface area contributed by atoms with Crippen LogP contribution in [0, 0.1) is 5.92 Å². The van der Waals surface area contributed by atoms with Crippen LogP contribution in [0.2, 0.25) is 0 Å². The minimum Gasteiger partial charge on any atom is -0.356 e. The monoisotopic (exact) mass is 399 g/mol. The molecule has 2 aromatic heterocycles. The van der Waals surface area contributed by atoms with E-state index in [9.17, 15) is 9.59 Å². The van der Waals surface area contributed by atoms with E-state index in [0.717, 1.165) is 35.9 Å². The molecule has 2 aromatic rings. The molecule has 2 heterocycles. The van der Waals surface area contributed by atoms with Crippen molar-refractivity contribution in [1.82, 2.24) is 15.3 Å². The van der Waals surface area contributed by atoms with Crippen LogP contribution in [0.4, 0.5) is 0 Å². The van der Waals surface area contributed by atoms with Crippen molar-refractivity contribution < 1.29 is 4.79 Å².